The molecule has 0 saturated heterocycles. The summed E-state index contributed by atoms with van der Waals surface area (Å²) in [5.41, 5.74) is 3.47. The molecule has 2 aromatic carbocycles. The quantitative estimate of drug-likeness (QED) is 0.697. The summed E-state index contributed by atoms with van der Waals surface area (Å²) in [6.45, 7) is 0. The number of hydrogen-bond acceptors (Lipinski definition) is 3. The van der Waals surface area contributed by atoms with E-state index in [1.54, 1.807) is 12.3 Å². The molecule has 1 heterocycles. The Kier molecular flexibility index (Phi) is 3.47. The van der Waals surface area contributed by atoms with Crippen LogP contribution in [0.4, 0.5) is 11.4 Å². The second-order valence-electron chi connectivity index (χ2n) is 4.71. The van der Waals surface area contributed by atoms with Gasteiger partial charge in [0.15, 0.2) is 0 Å². The highest BCUT2D eigenvalue weighted by Crippen LogP contribution is 2.31. The molecule has 0 amide bonds. The summed E-state index contributed by atoms with van der Waals surface area (Å²) in [5, 5.41) is 10.7. The van der Waals surface area contributed by atoms with Gasteiger partial charge in [-0.25, -0.2) is 0 Å². The number of halogens is 1. The van der Waals surface area contributed by atoms with Crippen LogP contribution in [0.2, 0.25) is 5.02 Å². The number of aromatic nitrogens is 1. The monoisotopic (exact) mass is 293 g/mol. The van der Waals surface area contributed by atoms with Crippen molar-refractivity contribution in [2.45, 2.75) is 0 Å². The second kappa shape index (κ2) is 5.43. The third-order valence-electron chi connectivity index (χ3n) is 3.41. The van der Waals surface area contributed by atoms with E-state index in [1.165, 1.54) is 0 Å². The molecular formula is C17H12ClN3. The van der Waals surface area contributed by atoms with Gasteiger partial charge in [0.05, 0.1) is 22.8 Å². The molecule has 0 unspecified atom stereocenters. The number of rotatable bonds is 2. The fraction of sp³-hybridized carbons (Fsp3) is 0.0588. The third-order valence-corrected chi connectivity index (χ3v) is 3.64. The second-order valence-corrected chi connectivity index (χ2v) is 5.15. The third kappa shape index (κ3) is 2.54. The Bertz CT molecular complexity index is 852. The van der Waals surface area contributed by atoms with Gasteiger partial charge in [-0.2, -0.15) is 5.26 Å². The maximum Gasteiger partial charge on any atom is 0.0992 e. The molecular weight excluding hydrogens is 282 g/mol. The van der Waals surface area contributed by atoms with Gasteiger partial charge < -0.3 is 4.90 Å². The Balaban J connectivity index is 2.13. The van der Waals surface area contributed by atoms with Crippen molar-refractivity contribution in [2.24, 2.45) is 0 Å². The predicted octanol–water partition coefficient (Wildman–Crippen LogP) is 4.53. The lowest BCUT2D eigenvalue weighted by molar-refractivity contribution is 1.21. The van der Waals surface area contributed by atoms with Crippen molar-refractivity contribution in [3.63, 3.8) is 0 Å². The average molecular weight is 294 g/mol. The maximum absolute atomic E-state index is 9.02. The molecule has 1 aromatic heterocycles. The van der Waals surface area contributed by atoms with Crippen LogP contribution >= 0.6 is 11.6 Å². The van der Waals surface area contributed by atoms with Crippen molar-refractivity contribution < 1.29 is 0 Å². The average Bonchev–Trinajstić information content (AvgIpc) is 2.53. The van der Waals surface area contributed by atoms with Crippen LogP contribution in [0.1, 0.15) is 5.56 Å². The Morgan fingerprint density at radius 1 is 1.14 bits per heavy atom. The molecule has 0 atom stereocenters. The van der Waals surface area contributed by atoms with Crippen molar-refractivity contribution in [3.8, 4) is 6.07 Å². The summed E-state index contributed by atoms with van der Waals surface area (Å²) in [7, 11) is 1.97. The van der Waals surface area contributed by atoms with Gasteiger partial charge in [0.1, 0.15) is 0 Å². The van der Waals surface area contributed by atoms with Gasteiger partial charge in [-0.1, -0.05) is 17.7 Å². The van der Waals surface area contributed by atoms with Crippen LogP contribution in [0.5, 0.6) is 0 Å². The highest BCUT2D eigenvalue weighted by molar-refractivity contribution is 6.31. The first-order valence-corrected chi connectivity index (χ1v) is 6.85. The highest BCUT2D eigenvalue weighted by atomic mass is 35.5. The fourth-order valence-corrected chi connectivity index (χ4v) is 2.49. The topological polar surface area (TPSA) is 39.9 Å². The molecule has 3 rings (SSSR count). The molecule has 0 N–H and O–H groups in total. The van der Waals surface area contributed by atoms with Gasteiger partial charge in [-0.05, 0) is 42.5 Å². The van der Waals surface area contributed by atoms with E-state index >= 15 is 0 Å². The first-order chi connectivity index (χ1) is 10.2. The largest absolute Gasteiger partial charge is 0.344 e. The first kappa shape index (κ1) is 13.4. The molecule has 0 aliphatic heterocycles. The van der Waals surface area contributed by atoms with Crippen molar-refractivity contribution >= 4 is 33.9 Å². The zero-order valence-corrected chi connectivity index (χ0v) is 12.2. The number of benzene rings is 2. The lowest BCUT2D eigenvalue weighted by Crippen LogP contribution is -2.10. The van der Waals surface area contributed by atoms with E-state index < -0.39 is 0 Å². The number of nitriles is 1. The lowest BCUT2D eigenvalue weighted by Gasteiger charge is -2.21. The Labute approximate surface area is 128 Å². The molecule has 0 spiro atoms. The fourth-order valence-electron chi connectivity index (χ4n) is 2.32. The van der Waals surface area contributed by atoms with E-state index in [9.17, 15) is 0 Å². The van der Waals surface area contributed by atoms with Gasteiger partial charge in [0, 0.05) is 29.3 Å². The zero-order valence-electron chi connectivity index (χ0n) is 11.4. The molecule has 3 aromatic rings. The molecule has 0 bridgehead atoms. The first-order valence-electron chi connectivity index (χ1n) is 6.47. The van der Waals surface area contributed by atoms with Crippen LogP contribution in [0.25, 0.3) is 10.9 Å². The normalized spacial score (nSPS) is 10.3. The van der Waals surface area contributed by atoms with E-state index in [2.05, 4.69) is 11.1 Å². The molecule has 0 aliphatic rings. The molecule has 21 heavy (non-hydrogen) atoms. The molecule has 0 saturated carbocycles. The van der Waals surface area contributed by atoms with Crippen molar-refractivity contribution in [3.05, 3.63) is 65.3 Å². The van der Waals surface area contributed by atoms with Crippen molar-refractivity contribution in [1.82, 2.24) is 4.98 Å². The summed E-state index contributed by atoms with van der Waals surface area (Å²) in [6, 6.07) is 17.3. The minimum Gasteiger partial charge on any atom is -0.344 e. The van der Waals surface area contributed by atoms with Crippen LogP contribution in [-0.4, -0.2) is 12.0 Å². The van der Waals surface area contributed by atoms with E-state index in [0.717, 1.165) is 22.3 Å². The van der Waals surface area contributed by atoms with Crippen LogP contribution < -0.4 is 4.90 Å². The van der Waals surface area contributed by atoms with Gasteiger partial charge >= 0.3 is 0 Å². The zero-order chi connectivity index (χ0) is 14.8. The van der Waals surface area contributed by atoms with Gasteiger partial charge in [0.25, 0.3) is 0 Å². The SMILES string of the molecule is CN(c1cccc(C#N)c1)c1ccnc2cc(Cl)ccc12. The highest BCUT2D eigenvalue weighted by Gasteiger charge is 2.09. The van der Waals surface area contributed by atoms with Crippen LogP contribution in [0.3, 0.4) is 0 Å². The number of nitrogens with zero attached hydrogens (tertiary/aromatic N) is 3. The lowest BCUT2D eigenvalue weighted by atomic mass is 10.1. The molecule has 0 fully saturated rings. The predicted molar refractivity (Wildman–Crippen MR) is 86.0 cm³/mol. The van der Waals surface area contributed by atoms with Crippen LogP contribution in [0, 0.1) is 11.3 Å². The number of anilines is 2. The van der Waals surface area contributed by atoms with E-state index in [4.69, 9.17) is 16.9 Å². The molecule has 4 heteroatoms. The van der Waals surface area contributed by atoms with Crippen molar-refractivity contribution in [1.29, 1.82) is 5.26 Å². The van der Waals surface area contributed by atoms with Gasteiger partial charge in [0.2, 0.25) is 0 Å². The van der Waals surface area contributed by atoms with Gasteiger partial charge in [-0.15, -0.1) is 0 Å². The summed E-state index contributed by atoms with van der Waals surface area (Å²) < 4.78 is 0. The smallest absolute Gasteiger partial charge is 0.0992 e. The number of hydrogen-bond donors (Lipinski definition) is 0. The van der Waals surface area contributed by atoms with E-state index in [1.807, 2.05) is 54.4 Å². The van der Waals surface area contributed by atoms with E-state index in [-0.39, 0.29) is 0 Å². The van der Waals surface area contributed by atoms with Crippen LogP contribution in [-0.2, 0) is 0 Å². The minimum atomic E-state index is 0.640. The Morgan fingerprint density at radius 2 is 2.00 bits per heavy atom. The van der Waals surface area contributed by atoms with E-state index in [0.29, 0.717) is 10.6 Å². The molecule has 102 valence electrons. The number of pyridine rings is 1. The summed E-state index contributed by atoms with van der Waals surface area (Å²) in [4.78, 5) is 6.39. The summed E-state index contributed by atoms with van der Waals surface area (Å²) >= 11 is 6.02. The number of fused-ring (bicyclic) bond motifs is 1. The van der Waals surface area contributed by atoms with Crippen LogP contribution in [0.15, 0.2) is 54.7 Å². The summed E-state index contributed by atoms with van der Waals surface area (Å²) in [5.74, 6) is 0. The maximum atomic E-state index is 9.02. The molecule has 3 nitrogen and oxygen atoms in total. The molecule has 0 radical (unpaired) electrons. The minimum absolute atomic E-state index is 0.640. The Morgan fingerprint density at radius 3 is 2.81 bits per heavy atom. The molecule has 0 aliphatic carbocycles. The summed E-state index contributed by atoms with van der Waals surface area (Å²) in [6.07, 6.45) is 1.76. The van der Waals surface area contributed by atoms with Crippen molar-refractivity contribution in [2.75, 3.05) is 11.9 Å². The van der Waals surface area contributed by atoms with Gasteiger partial charge in [-0.3, -0.25) is 4.98 Å². The standard InChI is InChI=1S/C17H12ClN3/c1-21(14-4-2-3-12(9-14)11-19)17-7-8-20-16-10-13(18)5-6-15(16)17/h2-10H,1H3. The Hall–Kier alpha value is -2.57.